The molecule has 0 saturated heterocycles. The second-order valence-electron chi connectivity index (χ2n) is 10.6. The summed E-state index contributed by atoms with van der Waals surface area (Å²) in [6.07, 6.45) is 2.26. The number of nitrogens with zero attached hydrogens (tertiary/aromatic N) is 1. The van der Waals surface area contributed by atoms with Gasteiger partial charge < -0.3 is 10.6 Å². The van der Waals surface area contributed by atoms with Crippen molar-refractivity contribution < 1.29 is 14.4 Å². The van der Waals surface area contributed by atoms with Crippen molar-refractivity contribution in [2.75, 3.05) is 10.2 Å². The van der Waals surface area contributed by atoms with Crippen molar-refractivity contribution >= 4 is 52.6 Å². The van der Waals surface area contributed by atoms with Gasteiger partial charge in [0.25, 0.3) is 11.8 Å². The molecule has 0 aliphatic carbocycles. The average Bonchev–Trinajstić information content (AvgIpc) is 3.08. The van der Waals surface area contributed by atoms with E-state index >= 15 is 0 Å². The smallest absolute Gasteiger partial charge is 0.272 e. The number of hydrogen-bond acceptors (Lipinski definition) is 4. The van der Waals surface area contributed by atoms with Crippen LogP contribution in [0.3, 0.4) is 0 Å². The molecule has 0 spiro atoms. The monoisotopic (exact) mass is 625 g/mol. The van der Waals surface area contributed by atoms with Gasteiger partial charge in [0.2, 0.25) is 5.91 Å². The second-order valence-corrected chi connectivity index (χ2v) is 11.9. The van der Waals surface area contributed by atoms with Gasteiger partial charge in [-0.25, -0.2) is 0 Å². The van der Waals surface area contributed by atoms with E-state index in [0.717, 1.165) is 27.4 Å². The van der Waals surface area contributed by atoms with Crippen LogP contribution in [0.2, 0.25) is 0 Å². The predicted molar refractivity (Wildman–Crippen MR) is 188 cm³/mol. The zero-order valence-corrected chi connectivity index (χ0v) is 26.5. The van der Waals surface area contributed by atoms with Crippen molar-refractivity contribution in [1.29, 1.82) is 0 Å². The fourth-order valence-corrected chi connectivity index (χ4v) is 5.94. The van der Waals surface area contributed by atoms with E-state index in [2.05, 4.69) is 10.6 Å². The highest BCUT2D eigenvalue weighted by Crippen LogP contribution is 2.33. The normalized spacial score (nSPS) is 11.7. The summed E-state index contributed by atoms with van der Waals surface area (Å²) in [5.41, 5.74) is 4.51. The molecule has 7 heteroatoms. The topological polar surface area (TPSA) is 78.5 Å². The summed E-state index contributed by atoms with van der Waals surface area (Å²) in [4.78, 5) is 43.3. The van der Waals surface area contributed by atoms with Gasteiger partial charge in [0, 0.05) is 27.5 Å². The van der Waals surface area contributed by atoms with Crippen LogP contribution in [0.25, 0.3) is 6.08 Å². The predicted octanol–water partition coefficient (Wildman–Crippen LogP) is 8.64. The molecule has 230 valence electrons. The molecule has 3 amide bonds. The molecule has 0 radical (unpaired) electrons. The minimum atomic E-state index is -0.463. The largest absolute Gasteiger partial charge is 0.321 e. The Balaban J connectivity index is 1.36. The summed E-state index contributed by atoms with van der Waals surface area (Å²) < 4.78 is 0. The van der Waals surface area contributed by atoms with Gasteiger partial charge in [0.15, 0.2) is 0 Å². The van der Waals surface area contributed by atoms with E-state index in [0.29, 0.717) is 17.7 Å². The lowest BCUT2D eigenvalue weighted by Gasteiger charge is -2.27. The quantitative estimate of drug-likeness (QED) is 0.114. The Morgan fingerprint density at radius 3 is 1.96 bits per heavy atom. The Labute approximate surface area is 274 Å². The molecule has 0 fully saturated rings. The first-order valence-corrected chi connectivity index (χ1v) is 16.0. The van der Waals surface area contributed by atoms with E-state index < -0.39 is 5.91 Å². The van der Waals surface area contributed by atoms with Gasteiger partial charge in [-0.05, 0) is 79.6 Å². The molecule has 0 saturated carbocycles. The zero-order valence-electron chi connectivity index (χ0n) is 25.7. The summed E-state index contributed by atoms with van der Waals surface area (Å²) in [5.74, 6) is -0.883. The SMILES string of the molecule is CCC(Sc1cccc(NC(=O)/C(=C\c2cccc(C)c2)NC(=O)c2ccccc2)c1)C(=O)N(c1ccccc1)c1ccccc1. The van der Waals surface area contributed by atoms with Gasteiger partial charge in [-0.3, -0.25) is 19.3 Å². The maximum absolute atomic E-state index is 14.0. The molecule has 6 nitrogen and oxygen atoms in total. The third-order valence-corrected chi connectivity index (χ3v) is 8.49. The van der Waals surface area contributed by atoms with Crippen LogP contribution in [0.1, 0.15) is 34.8 Å². The average molecular weight is 626 g/mol. The number of benzene rings is 5. The molecule has 0 aromatic heterocycles. The van der Waals surface area contributed by atoms with E-state index in [-0.39, 0.29) is 22.8 Å². The molecule has 2 N–H and O–H groups in total. The molecule has 1 unspecified atom stereocenters. The van der Waals surface area contributed by atoms with Gasteiger partial charge in [-0.2, -0.15) is 0 Å². The minimum absolute atomic E-state index is 0.0358. The van der Waals surface area contributed by atoms with Crippen molar-refractivity contribution in [2.45, 2.75) is 30.4 Å². The van der Waals surface area contributed by atoms with E-state index in [4.69, 9.17) is 0 Å². The summed E-state index contributed by atoms with van der Waals surface area (Å²) in [7, 11) is 0. The number of carbonyl (C=O) groups is 3. The number of aryl methyl sites for hydroxylation is 1. The molecule has 0 aliphatic heterocycles. The summed E-state index contributed by atoms with van der Waals surface area (Å²) in [6.45, 7) is 3.96. The maximum atomic E-state index is 14.0. The lowest BCUT2D eigenvalue weighted by Crippen LogP contribution is -2.34. The molecular formula is C39H35N3O3S. The van der Waals surface area contributed by atoms with E-state index in [1.165, 1.54) is 11.8 Å². The van der Waals surface area contributed by atoms with Crippen LogP contribution in [0.15, 0.2) is 150 Å². The van der Waals surface area contributed by atoms with Crippen molar-refractivity contribution in [3.63, 3.8) is 0 Å². The Morgan fingerprint density at radius 2 is 1.35 bits per heavy atom. The van der Waals surface area contributed by atoms with Crippen LogP contribution < -0.4 is 15.5 Å². The molecule has 0 bridgehead atoms. The van der Waals surface area contributed by atoms with Crippen molar-refractivity contribution in [3.8, 4) is 0 Å². The van der Waals surface area contributed by atoms with Crippen LogP contribution in [0.5, 0.6) is 0 Å². The molecule has 5 aromatic rings. The Kier molecular flexibility index (Phi) is 10.8. The maximum Gasteiger partial charge on any atom is 0.272 e. The van der Waals surface area contributed by atoms with Gasteiger partial charge in [0.1, 0.15) is 5.70 Å². The number of thioether (sulfide) groups is 1. The summed E-state index contributed by atoms with van der Waals surface area (Å²) >= 11 is 1.45. The number of amides is 3. The first-order chi connectivity index (χ1) is 22.4. The van der Waals surface area contributed by atoms with Crippen LogP contribution >= 0.6 is 11.8 Å². The standard InChI is InChI=1S/C39H35N3O3S/c1-3-36(39(45)42(32-20-9-5-10-21-32)33-22-11-6-12-23-33)46-34-24-14-19-31(27-34)40-38(44)35(26-29-16-13-15-28(2)25-29)41-37(43)30-17-7-4-8-18-30/h4-27,36H,3H2,1-2H3,(H,40,44)(H,41,43)/b35-26+. The number of anilines is 3. The lowest BCUT2D eigenvalue weighted by atomic mass is 10.1. The van der Waals surface area contributed by atoms with Gasteiger partial charge in [-0.15, -0.1) is 11.8 Å². The number of hydrogen-bond donors (Lipinski definition) is 2. The zero-order chi connectivity index (χ0) is 32.3. The molecular weight excluding hydrogens is 591 g/mol. The van der Waals surface area contributed by atoms with Crippen LogP contribution in [0.4, 0.5) is 17.1 Å². The Hall–Kier alpha value is -5.40. The van der Waals surface area contributed by atoms with Crippen LogP contribution in [0, 0.1) is 6.92 Å². The van der Waals surface area contributed by atoms with Crippen molar-refractivity contribution in [3.05, 3.63) is 162 Å². The highest BCUT2D eigenvalue weighted by molar-refractivity contribution is 8.00. The summed E-state index contributed by atoms with van der Waals surface area (Å²) in [5, 5.41) is 5.35. The van der Waals surface area contributed by atoms with Gasteiger partial charge in [0.05, 0.1) is 5.25 Å². The lowest BCUT2D eigenvalue weighted by molar-refractivity contribution is -0.117. The Bertz CT molecular complexity index is 1790. The minimum Gasteiger partial charge on any atom is -0.321 e. The highest BCUT2D eigenvalue weighted by atomic mass is 32.2. The van der Waals surface area contributed by atoms with E-state index in [9.17, 15) is 14.4 Å². The molecule has 0 aliphatic rings. The van der Waals surface area contributed by atoms with Crippen molar-refractivity contribution in [1.82, 2.24) is 5.32 Å². The first-order valence-electron chi connectivity index (χ1n) is 15.1. The fourth-order valence-electron chi connectivity index (χ4n) is 4.89. The van der Waals surface area contributed by atoms with E-state index in [1.807, 2.05) is 123 Å². The number of para-hydroxylation sites is 2. The first kappa shape index (κ1) is 32.0. The molecule has 5 rings (SSSR count). The van der Waals surface area contributed by atoms with Crippen molar-refractivity contribution in [2.24, 2.45) is 0 Å². The van der Waals surface area contributed by atoms with Crippen LogP contribution in [-0.4, -0.2) is 23.0 Å². The highest BCUT2D eigenvalue weighted by Gasteiger charge is 2.27. The molecule has 0 heterocycles. The van der Waals surface area contributed by atoms with Gasteiger partial charge >= 0.3 is 0 Å². The Morgan fingerprint density at radius 1 is 0.739 bits per heavy atom. The molecule has 5 aromatic carbocycles. The number of rotatable bonds is 11. The third kappa shape index (κ3) is 8.40. The fraction of sp³-hybridized carbons (Fsp3) is 0.103. The second kappa shape index (κ2) is 15.5. The summed E-state index contributed by atoms with van der Waals surface area (Å²) in [6, 6.07) is 43.1. The molecule has 1 atom stereocenters. The molecule has 46 heavy (non-hydrogen) atoms. The van der Waals surface area contributed by atoms with Crippen LogP contribution in [-0.2, 0) is 9.59 Å². The van der Waals surface area contributed by atoms with E-state index in [1.54, 1.807) is 41.3 Å². The number of carbonyl (C=O) groups excluding carboxylic acids is 3. The number of nitrogens with one attached hydrogen (secondary N) is 2. The van der Waals surface area contributed by atoms with Gasteiger partial charge in [-0.1, -0.05) is 97.4 Å². The third-order valence-electron chi connectivity index (χ3n) is 7.15.